The van der Waals surface area contributed by atoms with E-state index in [2.05, 4.69) is 36.1 Å². The lowest BCUT2D eigenvalue weighted by molar-refractivity contribution is 1.01. The Morgan fingerprint density at radius 2 is 2.08 bits per heavy atom. The minimum atomic E-state index is 0.572. The smallest absolute Gasteiger partial charge is 0.181 e. The van der Waals surface area contributed by atoms with Gasteiger partial charge in [0, 0.05) is 12.4 Å². The summed E-state index contributed by atoms with van der Waals surface area (Å²) in [6.07, 6.45) is 3.28. The van der Waals surface area contributed by atoms with Crippen LogP contribution in [0.5, 0.6) is 0 Å². The van der Waals surface area contributed by atoms with Gasteiger partial charge in [-0.25, -0.2) is 9.97 Å². The molecule has 0 aromatic carbocycles. The summed E-state index contributed by atoms with van der Waals surface area (Å²) in [6, 6.07) is 5.38. The van der Waals surface area contributed by atoms with Crippen molar-refractivity contribution < 1.29 is 0 Å². The van der Waals surface area contributed by atoms with Crippen LogP contribution in [0.1, 0.15) is 0 Å². The summed E-state index contributed by atoms with van der Waals surface area (Å²) in [4.78, 5) is 8.21. The van der Waals surface area contributed by atoms with E-state index in [9.17, 15) is 0 Å². The molecule has 13 heavy (non-hydrogen) atoms. The third-order valence-electron chi connectivity index (χ3n) is 1.42. The van der Waals surface area contributed by atoms with Crippen LogP contribution in [-0.4, -0.2) is 20.2 Å². The molecule has 2 aromatic heterocycles. The van der Waals surface area contributed by atoms with Gasteiger partial charge in [0.25, 0.3) is 0 Å². The molecule has 0 aliphatic heterocycles. The molecule has 0 unspecified atom stereocenters. The summed E-state index contributed by atoms with van der Waals surface area (Å²) in [7, 11) is 0. The molecule has 2 heterocycles. The highest BCUT2D eigenvalue weighted by molar-refractivity contribution is 9.10. The van der Waals surface area contributed by atoms with Gasteiger partial charge in [-0.1, -0.05) is 0 Å². The minimum absolute atomic E-state index is 0.572. The van der Waals surface area contributed by atoms with Crippen LogP contribution >= 0.6 is 15.9 Å². The standard InChI is InChI=1S/C8H5BrN4/c9-7-3-5-10-8(12-7)6-2-1-4-11-13-6/h1-5H. The van der Waals surface area contributed by atoms with Crippen molar-refractivity contribution in [2.45, 2.75) is 0 Å². The summed E-state index contributed by atoms with van der Waals surface area (Å²) in [6.45, 7) is 0. The van der Waals surface area contributed by atoms with E-state index in [4.69, 9.17) is 0 Å². The maximum atomic E-state index is 4.15. The number of rotatable bonds is 1. The Kier molecular flexibility index (Phi) is 2.27. The van der Waals surface area contributed by atoms with E-state index in [1.807, 2.05) is 6.07 Å². The molecule has 4 nitrogen and oxygen atoms in total. The number of hydrogen-bond acceptors (Lipinski definition) is 4. The fourth-order valence-corrected chi connectivity index (χ4v) is 1.17. The summed E-state index contributed by atoms with van der Waals surface area (Å²) < 4.78 is 0.739. The first-order valence-corrected chi connectivity index (χ1v) is 4.42. The zero-order valence-corrected chi connectivity index (χ0v) is 8.14. The number of aromatic nitrogens is 4. The van der Waals surface area contributed by atoms with Crippen LogP contribution in [0, 0.1) is 0 Å². The van der Waals surface area contributed by atoms with Gasteiger partial charge in [0.15, 0.2) is 5.82 Å². The normalized spacial score (nSPS) is 9.92. The van der Waals surface area contributed by atoms with Gasteiger partial charge in [0.1, 0.15) is 10.3 Å². The van der Waals surface area contributed by atoms with Crippen molar-refractivity contribution in [2.75, 3.05) is 0 Å². The second-order valence-corrected chi connectivity index (χ2v) is 3.12. The van der Waals surface area contributed by atoms with E-state index in [-0.39, 0.29) is 0 Å². The van der Waals surface area contributed by atoms with Crippen LogP contribution in [0.4, 0.5) is 0 Å². The maximum absolute atomic E-state index is 4.15. The molecule has 0 spiro atoms. The van der Waals surface area contributed by atoms with Crippen molar-refractivity contribution >= 4 is 15.9 Å². The van der Waals surface area contributed by atoms with Crippen molar-refractivity contribution in [3.63, 3.8) is 0 Å². The Hall–Kier alpha value is -1.36. The Labute approximate surface area is 83.2 Å². The second-order valence-electron chi connectivity index (χ2n) is 2.31. The molecular formula is C8H5BrN4. The molecule has 0 aliphatic carbocycles. The van der Waals surface area contributed by atoms with Crippen molar-refractivity contribution in [2.24, 2.45) is 0 Å². The summed E-state index contributed by atoms with van der Waals surface area (Å²) in [5.41, 5.74) is 0.670. The van der Waals surface area contributed by atoms with Crippen LogP contribution in [0.15, 0.2) is 35.2 Å². The molecule has 0 N–H and O–H groups in total. The lowest BCUT2D eigenvalue weighted by Crippen LogP contribution is -1.92. The van der Waals surface area contributed by atoms with Crippen LogP contribution < -0.4 is 0 Å². The summed E-state index contributed by atoms with van der Waals surface area (Å²) in [5, 5.41) is 7.64. The highest BCUT2D eigenvalue weighted by atomic mass is 79.9. The lowest BCUT2D eigenvalue weighted by Gasteiger charge is -1.96. The third-order valence-corrected chi connectivity index (χ3v) is 1.86. The predicted molar refractivity (Wildman–Crippen MR) is 50.8 cm³/mol. The summed E-state index contributed by atoms with van der Waals surface area (Å²) >= 11 is 3.26. The van der Waals surface area contributed by atoms with Gasteiger partial charge in [-0.2, -0.15) is 5.10 Å². The second kappa shape index (κ2) is 3.57. The molecule has 0 radical (unpaired) electrons. The fraction of sp³-hybridized carbons (Fsp3) is 0. The number of nitrogens with zero attached hydrogens (tertiary/aromatic N) is 4. The van der Waals surface area contributed by atoms with Gasteiger partial charge in [-0.15, -0.1) is 5.10 Å². The first kappa shape index (κ1) is 8.25. The van der Waals surface area contributed by atoms with Crippen molar-refractivity contribution in [1.82, 2.24) is 20.2 Å². The van der Waals surface area contributed by atoms with Gasteiger partial charge < -0.3 is 0 Å². The Balaban J connectivity index is 2.48. The topological polar surface area (TPSA) is 51.6 Å². The number of hydrogen-bond donors (Lipinski definition) is 0. The lowest BCUT2D eigenvalue weighted by atomic mass is 10.4. The van der Waals surface area contributed by atoms with E-state index in [0.29, 0.717) is 11.5 Å². The van der Waals surface area contributed by atoms with E-state index in [0.717, 1.165) is 4.60 Å². The predicted octanol–water partition coefficient (Wildman–Crippen LogP) is 1.70. The molecule has 0 bridgehead atoms. The fourth-order valence-electron chi connectivity index (χ4n) is 0.881. The largest absolute Gasteiger partial charge is 0.235 e. The van der Waals surface area contributed by atoms with Gasteiger partial charge in [0.2, 0.25) is 0 Å². The molecule has 0 amide bonds. The minimum Gasteiger partial charge on any atom is -0.235 e. The van der Waals surface area contributed by atoms with E-state index >= 15 is 0 Å². The van der Waals surface area contributed by atoms with Crippen molar-refractivity contribution in [3.05, 3.63) is 35.2 Å². The zero-order valence-electron chi connectivity index (χ0n) is 6.55. The third kappa shape index (κ3) is 1.86. The van der Waals surface area contributed by atoms with Gasteiger partial charge in [-0.05, 0) is 34.1 Å². The van der Waals surface area contributed by atoms with Crippen molar-refractivity contribution in [1.29, 1.82) is 0 Å². The Morgan fingerprint density at radius 1 is 1.15 bits per heavy atom. The van der Waals surface area contributed by atoms with E-state index in [1.54, 1.807) is 24.5 Å². The highest BCUT2D eigenvalue weighted by Crippen LogP contribution is 2.12. The average Bonchev–Trinajstić information content (AvgIpc) is 2.19. The Morgan fingerprint density at radius 3 is 2.77 bits per heavy atom. The molecular weight excluding hydrogens is 232 g/mol. The van der Waals surface area contributed by atoms with Crippen LogP contribution in [0.25, 0.3) is 11.5 Å². The van der Waals surface area contributed by atoms with Crippen molar-refractivity contribution in [3.8, 4) is 11.5 Å². The molecule has 0 atom stereocenters. The molecule has 0 fully saturated rings. The molecule has 64 valence electrons. The Bertz CT molecular complexity index is 404. The molecule has 2 rings (SSSR count). The first-order chi connectivity index (χ1) is 6.36. The first-order valence-electron chi connectivity index (χ1n) is 3.63. The van der Waals surface area contributed by atoms with E-state index in [1.165, 1.54) is 0 Å². The quantitative estimate of drug-likeness (QED) is 0.708. The molecule has 2 aromatic rings. The van der Waals surface area contributed by atoms with Crippen LogP contribution in [0.3, 0.4) is 0 Å². The summed E-state index contributed by atoms with van der Waals surface area (Å²) in [5.74, 6) is 0.572. The van der Waals surface area contributed by atoms with E-state index < -0.39 is 0 Å². The monoisotopic (exact) mass is 236 g/mol. The van der Waals surface area contributed by atoms with Crippen LogP contribution in [-0.2, 0) is 0 Å². The molecule has 0 saturated carbocycles. The average molecular weight is 237 g/mol. The molecule has 0 saturated heterocycles. The van der Waals surface area contributed by atoms with Gasteiger partial charge in [0.05, 0.1) is 0 Å². The number of halogens is 1. The van der Waals surface area contributed by atoms with Gasteiger partial charge >= 0.3 is 0 Å². The molecule has 5 heteroatoms. The molecule has 0 aliphatic rings. The van der Waals surface area contributed by atoms with Crippen LogP contribution in [0.2, 0.25) is 0 Å². The van der Waals surface area contributed by atoms with Gasteiger partial charge in [-0.3, -0.25) is 0 Å². The maximum Gasteiger partial charge on any atom is 0.181 e. The highest BCUT2D eigenvalue weighted by Gasteiger charge is 2.01. The zero-order chi connectivity index (χ0) is 9.10. The SMILES string of the molecule is Brc1ccnc(-c2cccnn2)n1.